The van der Waals surface area contributed by atoms with Gasteiger partial charge in [0, 0.05) is 11.6 Å². The molecule has 2 fully saturated rings. The van der Waals surface area contributed by atoms with Crippen LogP contribution in [0.4, 0.5) is 0 Å². The molecule has 1 nitrogen and oxygen atoms in total. The highest BCUT2D eigenvalue weighted by molar-refractivity contribution is 5.08. The van der Waals surface area contributed by atoms with Gasteiger partial charge in [-0.2, -0.15) is 0 Å². The molecule has 2 rings (SSSR count). The lowest BCUT2D eigenvalue weighted by Gasteiger charge is -2.51. The Hall–Kier alpha value is -0.0400. The summed E-state index contributed by atoms with van der Waals surface area (Å²) in [5, 5.41) is 0. The minimum atomic E-state index is 0.455. The Morgan fingerprint density at radius 1 is 1.15 bits per heavy atom. The van der Waals surface area contributed by atoms with E-state index in [0.29, 0.717) is 11.0 Å². The van der Waals surface area contributed by atoms with Crippen LogP contribution < -0.4 is 0 Å². The average Bonchev–Trinajstić information content (AvgIpc) is 2.28. The molecule has 13 heavy (non-hydrogen) atoms. The lowest BCUT2D eigenvalue weighted by atomic mass is 9.69. The smallest absolute Gasteiger partial charge is 0.0258 e. The van der Waals surface area contributed by atoms with Gasteiger partial charge >= 0.3 is 0 Å². The zero-order chi connectivity index (χ0) is 9.69. The van der Waals surface area contributed by atoms with Crippen molar-refractivity contribution in [3.8, 4) is 0 Å². The van der Waals surface area contributed by atoms with E-state index in [-0.39, 0.29) is 0 Å². The molecule has 2 heterocycles. The highest BCUT2D eigenvalue weighted by atomic mass is 15.2. The Labute approximate surface area is 82.5 Å². The van der Waals surface area contributed by atoms with Gasteiger partial charge in [-0.05, 0) is 38.1 Å². The van der Waals surface area contributed by atoms with Crippen LogP contribution in [0.2, 0.25) is 0 Å². The van der Waals surface area contributed by atoms with E-state index in [1.165, 1.54) is 32.1 Å². The largest absolute Gasteiger partial charge is 0.297 e. The van der Waals surface area contributed by atoms with Gasteiger partial charge in [0.1, 0.15) is 0 Å². The Balaban J connectivity index is 2.31. The molecule has 2 unspecified atom stereocenters. The van der Waals surface area contributed by atoms with Gasteiger partial charge in [0.25, 0.3) is 0 Å². The van der Waals surface area contributed by atoms with E-state index in [4.69, 9.17) is 0 Å². The molecule has 2 atom stereocenters. The molecule has 2 bridgehead atoms. The van der Waals surface area contributed by atoms with Gasteiger partial charge in [-0.25, -0.2) is 0 Å². The van der Waals surface area contributed by atoms with Gasteiger partial charge in [-0.1, -0.05) is 27.2 Å². The van der Waals surface area contributed by atoms with E-state index < -0.39 is 0 Å². The number of nitrogens with zero attached hydrogens (tertiary/aromatic N) is 1. The van der Waals surface area contributed by atoms with Crippen LogP contribution in [-0.2, 0) is 0 Å². The minimum absolute atomic E-state index is 0.455. The summed E-state index contributed by atoms with van der Waals surface area (Å²) in [6, 6.07) is 0.896. The van der Waals surface area contributed by atoms with Gasteiger partial charge in [-0.15, -0.1) is 0 Å². The lowest BCUT2D eigenvalue weighted by molar-refractivity contribution is -0.00750. The first-order valence-electron chi connectivity index (χ1n) is 5.70. The molecule has 0 amide bonds. The Bertz CT molecular complexity index is 200. The van der Waals surface area contributed by atoms with Gasteiger partial charge in [-0.3, -0.25) is 4.90 Å². The van der Waals surface area contributed by atoms with Crippen molar-refractivity contribution in [3.05, 3.63) is 0 Å². The molecular weight excluding hydrogens is 158 g/mol. The Morgan fingerprint density at radius 3 is 2.38 bits per heavy atom. The first-order chi connectivity index (χ1) is 5.97. The molecule has 1 heteroatoms. The number of rotatable bonds is 0. The second-order valence-corrected chi connectivity index (χ2v) is 5.98. The highest BCUT2D eigenvalue weighted by Gasteiger charge is 2.52. The van der Waals surface area contributed by atoms with Gasteiger partial charge in [0.2, 0.25) is 0 Å². The summed E-state index contributed by atoms with van der Waals surface area (Å²) >= 11 is 0. The summed E-state index contributed by atoms with van der Waals surface area (Å²) in [5.41, 5.74) is 0.979. The van der Waals surface area contributed by atoms with E-state index in [1.807, 2.05) is 0 Å². The van der Waals surface area contributed by atoms with Crippen molar-refractivity contribution < 1.29 is 0 Å². The lowest BCUT2D eigenvalue weighted by Crippen LogP contribution is -2.55. The zero-order valence-electron chi connectivity index (χ0n) is 9.56. The Kier molecular flexibility index (Phi) is 1.99. The molecule has 0 aromatic carbocycles. The first-order valence-corrected chi connectivity index (χ1v) is 5.70. The van der Waals surface area contributed by atoms with Crippen LogP contribution in [0.25, 0.3) is 0 Å². The predicted molar refractivity (Wildman–Crippen MR) is 56.8 cm³/mol. The summed E-state index contributed by atoms with van der Waals surface area (Å²) in [6.45, 7) is 7.24. The van der Waals surface area contributed by atoms with Crippen LogP contribution in [0.1, 0.15) is 52.9 Å². The van der Waals surface area contributed by atoms with Crippen molar-refractivity contribution in [1.29, 1.82) is 0 Å². The molecule has 0 aromatic rings. The van der Waals surface area contributed by atoms with E-state index in [1.54, 1.807) is 0 Å². The third-order valence-electron chi connectivity index (χ3n) is 4.64. The standard InChI is InChI=1S/C12H23N/c1-11(2,3)12-8-5-6-10(7-9-12)13(12)4/h10H,5-9H2,1-4H3. The summed E-state index contributed by atoms with van der Waals surface area (Å²) in [5.74, 6) is 0. The molecule has 2 aliphatic rings. The van der Waals surface area contributed by atoms with Crippen molar-refractivity contribution in [2.75, 3.05) is 7.05 Å². The second kappa shape index (κ2) is 2.73. The normalized spacial score (nSPS) is 41.1. The molecule has 0 aromatic heterocycles. The Morgan fingerprint density at radius 2 is 1.85 bits per heavy atom. The molecule has 0 N–H and O–H groups in total. The van der Waals surface area contributed by atoms with Crippen LogP contribution in [0.15, 0.2) is 0 Å². The summed E-state index contributed by atoms with van der Waals surface area (Å²) in [6.07, 6.45) is 7.18. The fraction of sp³-hybridized carbons (Fsp3) is 1.00. The summed E-state index contributed by atoms with van der Waals surface area (Å²) in [4.78, 5) is 2.69. The third-order valence-corrected chi connectivity index (χ3v) is 4.64. The maximum absolute atomic E-state index is 2.69. The summed E-state index contributed by atoms with van der Waals surface area (Å²) in [7, 11) is 2.35. The molecule has 2 saturated heterocycles. The molecule has 0 aliphatic carbocycles. The van der Waals surface area contributed by atoms with E-state index in [0.717, 1.165) is 6.04 Å². The summed E-state index contributed by atoms with van der Waals surface area (Å²) < 4.78 is 0. The number of hydrogen-bond acceptors (Lipinski definition) is 1. The topological polar surface area (TPSA) is 3.24 Å². The van der Waals surface area contributed by atoms with Gasteiger partial charge in [0.15, 0.2) is 0 Å². The fourth-order valence-corrected chi connectivity index (χ4v) is 3.67. The van der Waals surface area contributed by atoms with Crippen molar-refractivity contribution in [1.82, 2.24) is 4.90 Å². The van der Waals surface area contributed by atoms with Crippen molar-refractivity contribution in [3.63, 3.8) is 0 Å². The second-order valence-electron chi connectivity index (χ2n) is 5.98. The number of piperidine rings is 1. The van der Waals surface area contributed by atoms with Gasteiger partial charge in [0.05, 0.1) is 0 Å². The zero-order valence-corrected chi connectivity index (χ0v) is 9.56. The fourth-order valence-electron chi connectivity index (χ4n) is 3.67. The third kappa shape index (κ3) is 1.16. The van der Waals surface area contributed by atoms with E-state index in [2.05, 4.69) is 32.7 Å². The van der Waals surface area contributed by atoms with Crippen LogP contribution in [0.3, 0.4) is 0 Å². The van der Waals surface area contributed by atoms with Crippen molar-refractivity contribution in [2.45, 2.75) is 64.5 Å². The quantitative estimate of drug-likeness (QED) is 0.555. The predicted octanol–water partition coefficient (Wildman–Crippen LogP) is 3.05. The number of hydrogen-bond donors (Lipinski definition) is 0. The average molecular weight is 181 g/mol. The molecule has 2 aliphatic heterocycles. The SMILES string of the molecule is CN1C2CCCC1(C(C)(C)C)CC2. The molecule has 0 saturated carbocycles. The van der Waals surface area contributed by atoms with Crippen LogP contribution in [0.5, 0.6) is 0 Å². The van der Waals surface area contributed by atoms with Crippen LogP contribution in [-0.4, -0.2) is 23.5 Å². The van der Waals surface area contributed by atoms with E-state index in [9.17, 15) is 0 Å². The molecule has 0 radical (unpaired) electrons. The highest BCUT2D eigenvalue weighted by Crippen LogP contribution is 2.52. The molecular formula is C12H23N. The first kappa shape index (κ1) is 9.51. The molecule has 0 spiro atoms. The maximum atomic E-state index is 2.69. The van der Waals surface area contributed by atoms with Crippen LogP contribution >= 0.6 is 0 Å². The number of fused-ring (bicyclic) bond motifs is 2. The molecule has 76 valence electrons. The van der Waals surface area contributed by atoms with Crippen molar-refractivity contribution in [2.24, 2.45) is 5.41 Å². The maximum Gasteiger partial charge on any atom is 0.0258 e. The van der Waals surface area contributed by atoms with Gasteiger partial charge < -0.3 is 0 Å². The monoisotopic (exact) mass is 181 g/mol. The van der Waals surface area contributed by atoms with E-state index >= 15 is 0 Å². The van der Waals surface area contributed by atoms with Crippen LogP contribution in [0, 0.1) is 5.41 Å². The van der Waals surface area contributed by atoms with Crippen molar-refractivity contribution >= 4 is 0 Å². The minimum Gasteiger partial charge on any atom is -0.297 e.